The average molecular weight is 381 g/mol. The number of benzene rings is 2. The second kappa shape index (κ2) is 7.71. The quantitative estimate of drug-likeness (QED) is 0.660. The van der Waals surface area contributed by atoms with Gasteiger partial charge in [-0.05, 0) is 51.2 Å². The van der Waals surface area contributed by atoms with Crippen molar-refractivity contribution in [2.45, 2.75) is 18.9 Å². The number of amides is 1. The van der Waals surface area contributed by atoms with Gasteiger partial charge in [0.25, 0.3) is 5.91 Å². The van der Waals surface area contributed by atoms with E-state index in [2.05, 4.69) is 18.0 Å². The zero-order valence-corrected chi connectivity index (χ0v) is 16.5. The molecule has 27 heavy (non-hydrogen) atoms. The normalized spacial score (nSPS) is 15.8. The number of nitrogens with zero attached hydrogens (tertiary/aromatic N) is 2. The van der Waals surface area contributed by atoms with E-state index in [1.54, 1.807) is 18.4 Å². The number of hydrogen-bond donors (Lipinski definition) is 0. The Labute approximate surface area is 164 Å². The van der Waals surface area contributed by atoms with Gasteiger partial charge in [0.2, 0.25) is 0 Å². The summed E-state index contributed by atoms with van der Waals surface area (Å²) >= 11 is 1.63. The molecule has 0 unspecified atom stereocenters. The third kappa shape index (κ3) is 3.57. The summed E-state index contributed by atoms with van der Waals surface area (Å²) < 4.78 is 6.55. The van der Waals surface area contributed by atoms with Gasteiger partial charge in [0, 0.05) is 33.3 Å². The lowest BCUT2D eigenvalue weighted by Gasteiger charge is -2.37. The van der Waals surface area contributed by atoms with E-state index in [1.807, 2.05) is 52.7 Å². The van der Waals surface area contributed by atoms with Gasteiger partial charge in [0.1, 0.15) is 5.75 Å². The first-order chi connectivity index (χ1) is 13.2. The van der Waals surface area contributed by atoms with E-state index in [9.17, 15) is 4.79 Å². The first-order valence-electron chi connectivity index (χ1n) is 9.30. The van der Waals surface area contributed by atoms with Crippen molar-refractivity contribution >= 4 is 33.0 Å². The Bertz CT molecular complexity index is 944. The highest BCUT2D eigenvalue weighted by atomic mass is 32.1. The van der Waals surface area contributed by atoms with Crippen molar-refractivity contribution in [3.8, 4) is 5.75 Å². The minimum atomic E-state index is 0.0789. The van der Waals surface area contributed by atoms with Gasteiger partial charge in [-0.25, -0.2) is 0 Å². The molecule has 1 saturated heterocycles. The van der Waals surface area contributed by atoms with E-state index >= 15 is 0 Å². The standard InChI is InChI=1S/C22H24N2O2S/c1-23-12-10-16(11-13-23)24(17-6-5-7-18(14-17)26-2)22(25)20-15-27-21-9-4-3-8-19(20)21/h3-9,14-16H,10-13H2,1-2H3. The first-order valence-corrected chi connectivity index (χ1v) is 10.2. The van der Waals surface area contributed by atoms with Crippen LogP contribution in [0.4, 0.5) is 5.69 Å². The van der Waals surface area contributed by atoms with Crippen LogP contribution in [-0.2, 0) is 0 Å². The molecule has 3 aromatic rings. The Morgan fingerprint density at radius 2 is 1.93 bits per heavy atom. The maximum Gasteiger partial charge on any atom is 0.260 e. The van der Waals surface area contributed by atoms with Gasteiger partial charge in [0.05, 0.1) is 12.7 Å². The summed E-state index contributed by atoms with van der Waals surface area (Å²) in [6, 6.07) is 16.2. The van der Waals surface area contributed by atoms with E-state index in [0.29, 0.717) is 0 Å². The molecule has 0 spiro atoms. The lowest BCUT2D eigenvalue weighted by atomic mass is 10.0. The largest absolute Gasteiger partial charge is 0.497 e. The zero-order chi connectivity index (χ0) is 18.8. The summed E-state index contributed by atoms with van der Waals surface area (Å²) in [7, 11) is 3.80. The molecule has 0 radical (unpaired) electrons. The predicted molar refractivity (Wildman–Crippen MR) is 112 cm³/mol. The molecule has 0 saturated carbocycles. The zero-order valence-electron chi connectivity index (χ0n) is 15.7. The maximum atomic E-state index is 13.7. The highest BCUT2D eigenvalue weighted by Gasteiger charge is 2.30. The van der Waals surface area contributed by atoms with Crippen LogP contribution in [0.15, 0.2) is 53.9 Å². The molecular weight excluding hydrogens is 356 g/mol. The molecule has 140 valence electrons. The summed E-state index contributed by atoms with van der Waals surface area (Å²) in [6.07, 6.45) is 1.95. The van der Waals surface area contributed by atoms with Gasteiger partial charge >= 0.3 is 0 Å². The van der Waals surface area contributed by atoms with Gasteiger partial charge in [-0.1, -0.05) is 24.3 Å². The number of likely N-dealkylation sites (tertiary alicyclic amines) is 1. The topological polar surface area (TPSA) is 32.8 Å². The van der Waals surface area contributed by atoms with Crippen LogP contribution in [0.25, 0.3) is 10.1 Å². The molecule has 4 nitrogen and oxygen atoms in total. The molecule has 1 aliphatic rings. The molecule has 0 N–H and O–H groups in total. The molecule has 0 atom stereocenters. The van der Waals surface area contributed by atoms with E-state index in [-0.39, 0.29) is 11.9 Å². The molecule has 1 aliphatic heterocycles. The van der Waals surface area contributed by atoms with Gasteiger partial charge in [0.15, 0.2) is 0 Å². The number of piperidine rings is 1. The van der Waals surface area contributed by atoms with Crippen molar-refractivity contribution in [3.05, 3.63) is 59.5 Å². The summed E-state index contributed by atoms with van der Waals surface area (Å²) in [6.45, 7) is 2.01. The molecule has 5 heteroatoms. The highest BCUT2D eigenvalue weighted by Crippen LogP contribution is 2.32. The van der Waals surface area contributed by atoms with Crippen LogP contribution in [0, 0.1) is 0 Å². The van der Waals surface area contributed by atoms with Crippen molar-refractivity contribution < 1.29 is 9.53 Å². The fourth-order valence-electron chi connectivity index (χ4n) is 3.78. The maximum absolute atomic E-state index is 13.7. The van der Waals surface area contributed by atoms with Crippen LogP contribution in [0.3, 0.4) is 0 Å². The number of anilines is 1. The van der Waals surface area contributed by atoms with Crippen molar-refractivity contribution in [2.24, 2.45) is 0 Å². The lowest BCUT2D eigenvalue weighted by Crippen LogP contribution is -2.46. The summed E-state index contributed by atoms with van der Waals surface area (Å²) in [5.74, 6) is 0.851. The van der Waals surface area contributed by atoms with Crippen molar-refractivity contribution in [1.29, 1.82) is 0 Å². The van der Waals surface area contributed by atoms with Crippen LogP contribution < -0.4 is 9.64 Å². The second-order valence-corrected chi connectivity index (χ2v) is 7.97. The van der Waals surface area contributed by atoms with Crippen LogP contribution >= 0.6 is 11.3 Å². The van der Waals surface area contributed by atoms with E-state index in [0.717, 1.165) is 53.0 Å². The SMILES string of the molecule is COc1cccc(N(C(=O)c2csc3ccccc23)C2CCN(C)CC2)c1. The fourth-order valence-corrected chi connectivity index (χ4v) is 4.72. The van der Waals surface area contributed by atoms with Crippen LogP contribution in [0.5, 0.6) is 5.75 Å². The third-order valence-electron chi connectivity index (χ3n) is 5.31. The smallest absolute Gasteiger partial charge is 0.260 e. The monoisotopic (exact) mass is 380 g/mol. The number of carbonyl (C=O) groups is 1. The number of carbonyl (C=O) groups excluding carboxylic acids is 1. The molecule has 2 heterocycles. The molecule has 2 aromatic carbocycles. The molecule has 1 aromatic heterocycles. The average Bonchev–Trinajstić information content (AvgIpc) is 3.14. The number of rotatable bonds is 4. The number of methoxy groups -OCH3 is 1. The Morgan fingerprint density at radius 3 is 2.70 bits per heavy atom. The van der Waals surface area contributed by atoms with Crippen molar-refractivity contribution in [2.75, 3.05) is 32.1 Å². The second-order valence-electron chi connectivity index (χ2n) is 7.06. The summed E-state index contributed by atoms with van der Waals surface area (Å²) in [5.41, 5.74) is 1.70. The number of hydrogen-bond acceptors (Lipinski definition) is 4. The Morgan fingerprint density at radius 1 is 1.15 bits per heavy atom. The predicted octanol–water partition coefficient (Wildman–Crippen LogP) is 4.65. The summed E-state index contributed by atoms with van der Waals surface area (Å²) in [5, 5.41) is 3.03. The molecule has 0 aliphatic carbocycles. The van der Waals surface area contributed by atoms with Gasteiger partial charge in [-0.2, -0.15) is 0 Å². The van der Waals surface area contributed by atoms with Crippen LogP contribution in [0.1, 0.15) is 23.2 Å². The van der Waals surface area contributed by atoms with E-state index in [4.69, 9.17) is 4.74 Å². The van der Waals surface area contributed by atoms with Gasteiger partial charge < -0.3 is 14.5 Å². The minimum absolute atomic E-state index is 0.0789. The minimum Gasteiger partial charge on any atom is -0.497 e. The van der Waals surface area contributed by atoms with Crippen LogP contribution in [0.2, 0.25) is 0 Å². The van der Waals surface area contributed by atoms with Crippen LogP contribution in [-0.4, -0.2) is 44.1 Å². The fraction of sp³-hybridized carbons (Fsp3) is 0.318. The lowest BCUT2D eigenvalue weighted by molar-refractivity contribution is 0.0965. The Kier molecular flexibility index (Phi) is 5.14. The third-order valence-corrected chi connectivity index (χ3v) is 6.28. The van der Waals surface area contributed by atoms with E-state index in [1.165, 1.54) is 0 Å². The van der Waals surface area contributed by atoms with E-state index < -0.39 is 0 Å². The molecule has 1 fully saturated rings. The summed E-state index contributed by atoms with van der Waals surface area (Å²) in [4.78, 5) is 18.0. The van der Waals surface area contributed by atoms with Crippen molar-refractivity contribution in [1.82, 2.24) is 4.90 Å². The Hall–Kier alpha value is -2.37. The van der Waals surface area contributed by atoms with Gasteiger partial charge in [-0.3, -0.25) is 4.79 Å². The van der Waals surface area contributed by atoms with Gasteiger partial charge in [-0.15, -0.1) is 11.3 Å². The number of thiophene rings is 1. The number of ether oxygens (including phenoxy) is 1. The highest BCUT2D eigenvalue weighted by molar-refractivity contribution is 7.17. The molecule has 4 rings (SSSR count). The molecular formula is C22H24N2O2S. The van der Waals surface area contributed by atoms with Crippen molar-refractivity contribution in [3.63, 3.8) is 0 Å². The Balaban J connectivity index is 1.75. The first kappa shape index (κ1) is 18.0. The molecule has 0 bridgehead atoms. The number of fused-ring (bicyclic) bond motifs is 1. The molecule has 1 amide bonds.